The first-order chi connectivity index (χ1) is 8.17. The monoisotopic (exact) mass is 272 g/mol. The number of carboxylic acid groups (broad SMARTS) is 1. The molecule has 3 N–H and O–H groups in total. The molecule has 0 aromatic carbocycles. The number of hydrogen-bond donors (Lipinski definition) is 3. The summed E-state index contributed by atoms with van der Waals surface area (Å²) in [5.41, 5.74) is 0. The number of carbonyl (C=O) groups is 2. The Balaban J connectivity index is 4.35. The molecule has 0 aromatic heterocycles. The Morgan fingerprint density at radius 3 is 2.33 bits per heavy atom. The van der Waals surface area contributed by atoms with Crippen molar-refractivity contribution in [2.24, 2.45) is 5.92 Å². The van der Waals surface area contributed by atoms with Gasteiger partial charge in [-0.1, -0.05) is 6.92 Å². The highest BCUT2D eigenvalue weighted by atomic mass is 19.4. The minimum atomic E-state index is -4.58. The maximum Gasteiger partial charge on any atom is 0.406 e. The Morgan fingerprint density at radius 2 is 1.94 bits per heavy atom. The van der Waals surface area contributed by atoms with Gasteiger partial charge in [0.2, 0.25) is 0 Å². The second-order valence-electron chi connectivity index (χ2n) is 3.69. The van der Waals surface area contributed by atoms with Gasteiger partial charge in [0.25, 0.3) is 0 Å². The van der Waals surface area contributed by atoms with E-state index in [0.717, 1.165) is 0 Å². The number of alkyl halides is 3. The van der Waals surface area contributed by atoms with Crippen LogP contribution in [0.4, 0.5) is 18.0 Å². The van der Waals surface area contributed by atoms with Gasteiger partial charge in [0.1, 0.15) is 6.54 Å². The number of aliphatic hydroxyl groups is 1. The van der Waals surface area contributed by atoms with Crippen molar-refractivity contribution in [1.29, 1.82) is 0 Å². The average Bonchev–Trinajstić information content (AvgIpc) is 2.22. The predicted octanol–water partition coefficient (Wildman–Crippen LogP) is 0.273. The van der Waals surface area contributed by atoms with Crippen LogP contribution < -0.4 is 5.32 Å². The smallest absolute Gasteiger partial charge is 0.406 e. The van der Waals surface area contributed by atoms with Crippen LogP contribution in [0.1, 0.15) is 6.92 Å². The van der Waals surface area contributed by atoms with Crippen molar-refractivity contribution in [3.8, 4) is 0 Å². The molecule has 0 spiro atoms. The van der Waals surface area contributed by atoms with E-state index < -0.39 is 43.8 Å². The molecule has 0 aromatic rings. The number of nitrogens with one attached hydrogen (secondary N) is 1. The normalized spacial score (nSPS) is 12.9. The van der Waals surface area contributed by atoms with E-state index in [2.05, 4.69) is 5.32 Å². The van der Waals surface area contributed by atoms with E-state index in [-0.39, 0.29) is 6.54 Å². The van der Waals surface area contributed by atoms with Crippen LogP contribution in [0.2, 0.25) is 0 Å². The lowest BCUT2D eigenvalue weighted by molar-refractivity contribution is -0.142. The summed E-state index contributed by atoms with van der Waals surface area (Å²) in [6.07, 6.45) is -4.58. The molecule has 2 amide bonds. The summed E-state index contributed by atoms with van der Waals surface area (Å²) >= 11 is 0. The van der Waals surface area contributed by atoms with Gasteiger partial charge in [-0.3, -0.25) is 4.79 Å². The molecule has 0 saturated heterocycles. The molecule has 0 rings (SSSR count). The summed E-state index contributed by atoms with van der Waals surface area (Å²) in [6.45, 7) is -1.57. The van der Waals surface area contributed by atoms with E-state index in [1.54, 1.807) is 0 Å². The Bertz CT molecular complexity index is 296. The molecule has 0 heterocycles. The second-order valence-corrected chi connectivity index (χ2v) is 3.69. The molecule has 0 aliphatic carbocycles. The van der Waals surface area contributed by atoms with Crippen LogP contribution in [-0.2, 0) is 4.79 Å². The minimum absolute atomic E-state index is 0.284. The average molecular weight is 272 g/mol. The first kappa shape index (κ1) is 16.5. The zero-order valence-corrected chi connectivity index (χ0v) is 9.70. The summed E-state index contributed by atoms with van der Waals surface area (Å²) in [6, 6.07) is -1.06. The van der Waals surface area contributed by atoms with Gasteiger partial charge in [0.05, 0.1) is 12.5 Å². The topological polar surface area (TPSA) is 89.9 Å². The molecular weight excluding hydrogens is 257 g/mol. The van der Waals surface area contributed by atoms with Crippen LogP contribution in [0.3, 0.4) is 0 Å². The zero-order valence-electron chi connectivity index (χ0n) is 9.70. The molecule has 0 saturated carbocycles. The van der Waals surface area contributed by atoms with Crippen molar-refractivity contribution in [3.05, 3.63) is 0 Å². The molecule has 106 valence electrons. The molecule has 6 nitrogen and oxygen atoms in total. The van der Waals surface area contributed by atoms with Crippen molar-refractivity contribution in [3.63, 3.8) is 0 Å². The van der Waals surface area contributed by atoms with Gasteiger partial charge in [-0.2, -0.15) is 13.2 Å². The summed E-state index contributed by atoms with van der Waals surface area (Å²) in [7, 11) is 0. The van der Waals surface area contributed by atoms with Crippen molar-refractivity contribution >= 4 is 12.0 Å². The fraction of sp³-hybridized carbons (Fsp3) is 0.778. The van der Waals surface area contributed by atoms with Crippen LogP contribution in [0.5, 0.6) is 0 Å². The molecule has 1 atom stereocenters. The minimum Gasteiger partial charge on any atom is -0.481 e. The third-order valence-electron chi connectivity index (χ3n) is 2.01. The van der Waals surface area contributed by atoms with Gasteiger partial charge < -0.3 is 20.4 Å². The van der Waals surface area contributed by atoms with Gasteiger partial charge in [0, 0.05) is 13.1 Å². The van der Waals surface area contributed by atoms with Crippen LogP contribution in [0.25, 0.3) is 0 Å². The standard InChI is InChI=1S/C9H15F3N2O4/c1-6(7(16)17)4-13-8(18)14(2-3-15)5-9(10,11)12/h6,15H,2-5H2,1H3,(H,13,18)(H,16,17). The number of aliphatic hydroxyl groups excluding tert-OH is 1. The number of carbonyl (C=O) groups excluding carboxylic acids is 1. The molecular formula is C9H15F3N2O4. The highest BCUT2D eigenvalue weighted by Gasteiger charge is 2.32. The summed E-state index contributed by atoms with van der Waals surface area (Å²) in [5.74, 6) is -2.07. The summed E-state index contributed by atoms with van der Waals surface area (Å²) in [4.78, 5) is 22.2. The van der Waals surface area contributed by atoms with E-state index in [4.69, 9.17) is 10.2 Å². The van der Waals surface area contributed by atoms with E-state index in [1.165, 1.54) is 6.92 Å². The zero-order chi connectivity index (χ0) is 14.3. The Morgan fingerprint density at radius 1 is 1.39 bits per heavy atom. The van der Waals surface area contributed by atoms with Crippen molar-refractivity contribution in [2.45, 2.75) is 13.1 Å². The first-order valence-electron chi connectivity index (χ1n) is 5.10. The first-order valence-corrected chi connectivity index (χ1v) is 5.10. The van der Waals surface area contributed by atoms with E-state index >= 15 is 0 Å². The van der Waals surface area contributed by atoms with Crippen LogP contribution in [0.15, 0.2) is 0 Å². The predicted molar refractivity (Wildman–Crippen MR) is 54.9 cm³/mol. The van der Waals surface area contributed by atoms with Gasteiger partial charge >= 0.3 is 18.2 Å². The largest absolute Gasteiger partial charge is 0.481 e. The number of hydrogen-bond acceptors (Lipinski definition) is 3. The van der Waals surface area contributed by atoms with Crippen molar-refractivity contribution in [1.82, 2.24) is 10.2 Å². The van der Waals surface area contributed by atoms with Crippen LogP contribution >= 0.6 is 0 Å². The summed E-state index contributed by atoms with van der Waals surface area (Å²) < 4.78 is 36.4. The van der Waals surface area contributed by atoms with Crippen LogP contribution in [0, 0.1) is 5.92 Å². The number of amides is 2. The van der Waals surface area contributed by atoms with Crippen LogP contribution in [-0.4, -0.2) is 59.5 Å². The third-order valence-corrected chi connectivity index (χ3v) is 2.01. The molecule has 0 bridgehead atoms. The Hall–Kier alpha value is -1.51. The number of halogens is 3. The quantitative estimate of drug-likeness (QED) is 0.647. The highest BCUT2D eigenvalue weighted by Crippen LogP contribution is 2.16. The fourth-order valence-electron chi connectivity index (χ4n) is 1.03. The lowest BCUT2D eigenvalue weighted by Crippen LogP contribution is -2.47. The number of carboxylic acids is 1. The Labute approximate surface area is 101 Å². The van der Waals surface area contributed by atoms with Gasteiger partial charge in [-0.05, 0) is 0 Å². The van der Waals surface area contributed by atoms with E-state index in [1.807, 2.05) is 0 Å². The number of nitrogens with zero attached hydrogens (tertiary/aromatic N) is 1. The fourth-order valence-corrected chi connectivity index (χ4v) is 1.03. The molecule has 9 heteroatoms. The molecule has 0 aliphatic rings. The lowest BCUT2D eigenvalue weighted by atomic mass is 10.2. The number of rotatable bonds is 6. The molecule has 0 aliphatic heterocycles. The number of urea groups is 1. The molecule has 0 radical (unpaired) electrons. The maximum atomic E-state index is 12.1. The van der Waals surface area contributed by atoms with Gasteiger partial charge in [0.15, 0.2) is 0 Å². The van der Waals surface area contributed by atoms with Crippen molar-refractivity contribution < 1.29 is 33.0 Å². The third kappa shape index (κ3) is 6.94. The molecule has 0 fully saturated rings. The van der Waals surface area contributed by atoms with E-state index in [9.17, 15) is 22.8 Å². The SMILES string of the molecule is CC(CNC(=O)N(CCO)CC(F)(F)F)C(=O)O. The van der Waals surface area contributed by atoms with Gasteiger partial charge in [-0.25, -0.2) is 4.79 Å². The molecule has 1 unspecified atom stereocenters. The highest BCUT2D eigenvalue weighted by molar-refractivity contribution is 5.76. The Kier molecular flexibility index (Phi) is 6.45. The number of aliphatic carboxylic acids is 1. The van der Waals surface area contributed by atoms with Gasteiger partial charge in [-0.15, -0.1) is 0 Å². The second kappa shape index (κ2) is 7.04. The molecule has 18 heavy (non-hydrogen) atoms. The lowest BCUT2D eigenvalue weighted by Gasteiger charge is -2.23. The van der Waals surface area contributed by atoms with Crippen molar-refractivity contribution in [2.75, 3.05) is 26.2 Å². The van der Waals surface area contributed by atoms with E-state index in [0.29, 0.717) is 4.90 Å². The maximum absolute atomic E-state index is 12.1. The summed E-state index contributed by atoms with van der Waals surface area (Å²) in [5, 5.41) is 19.2.